The van der Waals surface area contributed by atoms with Gasteiger partial charge in [-0.3, -0.25) is 5.41 Å². The van der Waals surface area contributed by atoms with Gasteiger partial charge in [-0.25, -0.2) is 9.98 Å². The molecule has 0 saturated carbocycles. The van der Waals surface area contributed by atoms with Crippen molar-refractivity contribution in [2.45, 2.75) is 20.8 Å². The van der Waals surface area contributed by atoms with Gasteiger partial charge in [-0.1, -0.05) is 61.9 Å². The second-order valence-electron chi connectivity index (χ2n) is 5.96. The standard InChI is InChI=1S/C20H17N5.C2H6/c1-12-6-8-13(9-7-12)17-15-10-11-23-18(15)19(25-20(21)22)14-4-2-3-5-16(14)24-17;1-2/h2-11,23H,1H3,(H3,21,22);1-2H3/b25-19-;. The summed E-state index contributed by atoms with van der Waals surface area (Å²) in [5.74, 6) is -0.232. The molecule has 0 radical (unpaired) electrons. The molecule has 2 heterocycles. The van der Waals surface area contributed by atoms with Crippen LogP contribution in [0, 0.1) is 12.3 Å². The maximum absolute atomic E-state index is 7.61. The van der Waals surface area contributed by atoms with E-state index >= 15 is 0 Å². The number of fused-ring (bicyclic) bond motifs is 2. The number of nitrogens with one attached hydrogen (secondary N) is 2. The first-order valence-electron chi connectivity index (χ1n) is 8.99. The van der Waals surface area contributed by atoms with Crippen LogP contribution in [0.4, 0.5) is 0 Å². The van der Waals surface area contributed by atoms with Crippen LogP contribution in [0.2, 0.25) is 0 Å². The fourth-order valence-electron chi connectivity index (χ4n) is 3.02. The number of nitrogens with two attached hydrogens (primary N) is 1. The number of hydrogen-bond acceptors (Lipinski definition) is 2. The smallest absolute Gasteiger partial charge is 0.213 e. The van der Waals surface area contributed by atoms with Gasteiger partial charge in [0.15, 0.2) is 0 Å². The summed E-state index contributed by atoms with van der Waals surface area (Å²) >= 11 is 0. The first kappa shape index (κ1) is 18.3. The third kappa shape index (κ3) is 3.58. The third-order valence-corrected chi connectivity index (χ3v) is 4.19. The predicted molar refractivity (Wildman–Crippen MR) is 113 cm³/mol. The third-order valence-electron chi connectivity index (χ3n) is 4.19. The van der Waals surface area contributed by atoms with Crippen molar-refractivity contribution in [3.8, 4) is 11.3 Å². The SMILES string of the molecule is CC.Cc1ccc(-c2nc3ccccc3/c(=N/C(=N)N)c3[nH]ccc23)cc1. The summed E-state index contributed by atoms with van der Waals surface area (Å²) in [7, 11) is 0. The number of aromatic amines is 1. The van der Waals surface area contributed by atoms with Crippen LogP contribution in [0.1, 0.15) is 19.4 Å². The lowest BCUT2D eigenvalue weighted by molar-refractivity contribution is 1.31. The van der Waals surface area contributed by atoms with Crippen molar-refractivity contribution in [3.05, 3.63) is 71.7 Å². The number of hydrogen-bond donors (Lipinski definition) is 3. The minimum absolute atomic E-state index is 0.232. The summed E-state index contributed by atoms with van der Waals surface area (Å²) in [6.07, 6.45) is 1.86. The van der Waals surface area contributed by atoms with Gasteiger partial charge in [-0.05, 0) is 19.1 Å². The lowest BCUT2D eigenvalue weighted by Gasteiger charge is -2.01. The van der Waals surface area contributed by atoms with Gasteiger partial charge in [0.25, 0.3) is 0 Å². The Morgan fingerprint density at radius 3 is 2.41 bits per heavy atom. The summed E-state index contributed by atoms with van der Waals surface area (Å²) in [5, 5.41) is 10.0. The molecule has 0 unspecified atom stereocenters. The Morgan fingerprint density at radius 2 is 1.70 bits per heavy atom. The second-order valence-corrected chi connectivity index (χ2v) is 5.96. The molecule has 0 aliphatic rings. The van der Waals surface area contributed by atoms with Crippen LogP contribution in [-0.4, -0.2) is 15.9 Å². The van der Waals surface area contributed by atoms with Crippen molar-refractivity contribution in [2.24, 2.45) is 10.7 Å². The van der Waals surface area contributed by atoms with E-state index in [4.69, 9.17) is 16.1 Å². The molecule has 0 bridgehead atoms. The Hall–Kier alpha value is -3.47. The first-order valence-corrected chi connectivity index (χ1v) is 8.99. The fourth-order valence-corrected chi connectivity index (χ4v) is 3.02. The van der Waals surface area contributed by atoms with Crippen LogP contribution >= 0.6 is 0 Å². The number of aromatic nitrogens is 2. The molecule has 0 amide bonds. The molecular formula is C22H23N5. The molecule has 0 spiro atoms. The summed E-state index contributed by atoms with van der Waals surface area (Å²) in [5.41, 5.74) is 10.3. The molecule has 5 heteroatoms. The first-order chi connectivity index (χ1) is 13.1. The normalized spacial score (nSPS) is 11.3. The van der Waals surface area contributed by atoms with Crippen molar-refractivity contribution in [2.75, 3.05) is 0 Å². The van der Waals surface area contributed by atoms with Gasteiger partial charge in [0, 0.05) is 22.5 Å². The number of aryl methyl sites for hydroxylation is 1. The van der Waals surface area contributed by atoms with Gasteiger partial charge in [-0.15, -0.1) is 0 Å². The molecule has 0 aliphatic carbocycles. The zero-order valence-electron chi connectivity index (χ0n) is 15.7. The van der Waals surface area contributed by atoms with E-state index < -0.39 is 0 Å². The second kappa shape index (κ2) is 7.83. The van der Waals surface area contributed by atoms with Gasteiger partial charge in [0.2, 0.25) is 5.96 Å². The van der Waals surface area contributed by atoms with Crippen molar-refractivity contribution in [1.29, 1.82) is 5.41 Å². The Bertz CT molecular complexity index is 1170. The van der Waals surface area contributed by atoms with E-state index in [9.17, 15) is 0 Å². The average Bonchev–Trinajstić information content (AvgIpc) is 3.12. The maximum atomic E-state index is 7.61. The Kier molecular flexibility index (Phi) is 5.31. The largest absolute Gasteiger partial charge is 0.368 e. The van der Waals surface area contributed by atoms with E-state index in [1.165, 1.54) is 5.56 Å². The van der Waals surface area contributed by atoms with Gasteiger partial charge < -0.3 is 10.7 Å². The van der Waals surface area contributed by atoms with Gasteiger partial charge in [0.1, 0.15) is 5.36 Å². The molecule has 0 atom stereocenters. The van der Waals surface area contributed by atoms with E-state index in [0.717, 1.165) is 33.1 Å². The topological polar surface area (TPSA) is 90.9 Å². The molecular weight excluding hydrogens is 334 g/mol. The Labute approximate surface area is 158 Å². The molecule has 4 rings (SSSR count). The summed E-state index contributed by atoms with van der Waals surface area (Å²) < 4.78 is 0. The number of para-hydroxylation sites is 1. The van der Waals surface area contributed by atoms with Crippen LogP contribution in [0.3, 0.4) is 0 Å². The highest BCUT2D eigenvalue weighted by molar-refractivity contribution is 5.98. The molecule has 2 aromatic carbocycles. The summed E-state index contributed by atoms with van der Waals surface area (Å²) in [6.45, 7) is 6.06. The van der Waals surface area contributed by atoms with Crippen molar-refractivity contribution in [1.82, 2.24) is 9.97 Å². The molecule has 0 saturated heterocycles. The van der Waals surface area contributed by atoms with Crippen molar-refractivity contribution >= 4 is 27.8 Å². The van der Waals surface area contributed by atoms with E-state index in [2.05, 4.69) is 41.2 Å². The highest BCUT2D eigenvalue weighted by atomic mass is 15.0. The number of guanidine groups is 1. The molecule has 0 aliphatic heterocycles. The monoisotopic (exact) mass is 357 g/mol. The minimum atomic E-state index is -0.232. The summed E-state index contributed by atoms with van der Waals surface area (Å²) in [4.78, 5) is 12.4. The molecule has 136 valence electrons. The van der Waals surface area contributed by atoms with E-state index in [0.29, 0.717) is 5.36 Å². The number of benzene rings is 2. The van der Waals surface area contributed by atoms with Crippen LogP contribution in [0.5, 0.6) is 0 Å². The molecule has 4 N–H and O–H groups in total. The quantitative estimate of drug-likeness (QED) is 0.345. The summed E-state index contributed by atoms with van der Waals surface area (Å²) in [6, 6.07) is 18.0. The average molecular weight is 357 g/mol. The highest BCUT2D eigenvalue weighted by Crippen LogP contribution is 2.26. The van der Waals surface area contributed by atoms with Crippen LogP contribution < -0.4 is 11.1 Å². The Morgan fingerprint density at radius 1 is 1.00 bits per heavy atom. The fraction of sp³-hybridized carbons (Fsp3) is 0.136. The minimum Gasteiger partial charge on any atom is -0.368 e. The van der Waals surface area contributed by atoms with Gasteiger partial charge in [-0.2, -0.15) is 0 Å². The van der Waals surface area contributed by atoms with Crippen LogP contribution in [-0.2, 0) is 0 Å². The lowest BCUT2D eigenvalue weighted by Crippen LogP contribution is -2.13. The lowest BCUT2D eigenvalue weighted by atomic mass is 10.1. The molecule has 2 aromatic heterocycles. The van der Waals surface area contributed by atoms with Gasteiger partial charge >= 0.3 is 0 Å². The van der Waals surface area contributed by atoms with Crippen LogP contribution in [0.15, 0.2) is 65.8 Å². The predicted octanol–water partition coefficient (Wildman–Crippen LogP) is 4.51. The van der Waals surface area contributed by atoms with Crippen molar-refractivity contribution in [3.63, 3.8) is 0 Å². The van der Waals surface area contributed by atoms with Gasteiger partial charge in [0.05, 0.1) is 16.7 Å². The molecule has 0 fully saturated rings. The van der Waals surface area contributed by atoms with Crippen LogP contribution in [0.25, 0.3) is 33.1 Å². The number of rotatable bonds is 1. The number of nitrogens with zero attached hydrogens (tertiary/aromatic N) is 2. The molecule has 27 heavy (non-hydrogen) atoms. The van der Waals surface area contributed by atoms with E-state index in [-0.39, 0.29) is 5.96 Å². The maximum Gasteiger partial charge on any atom is 0.213 e. The zero-order chi connectivity index (χ0) is 19.4. The molecule has 5 nitrogen and oxygen atoms in total. The number of H-pyrrole nitrogens is 1. The van der Waals surface area contributed by atoms with E-state index in [1.807, 2.05) is 50.4 Å². The highest BCUT2D eigenvalue weighted by Gasteiger charge is 2.10. The molecule has 4 aromatic rings. The van der Waals surface area contributed by atoms with Crippen molar-refractivity contribution < 1.29 is 0 Å². The Balaban J connectivity index is 0.00000102. The zero-order valence-corrected chi connectivity index (χ0v) is 15.7. The van der Waals surface area contributed by atoms with E-state index in [1.54, 1.807) is 0 Å².